The van der Waals surface area contributed by atoms with Gasteiger partial charge in [-0.25, -0.2) is 0 Å². The molecule has 0 unspecified atom stereocenters. The molecular weight excluding hydrogens is 290 g/mol. The fraction of sp³-hybridized carbons (Fsp3) is 0.368. The molecule has 0 spiro atoms. The van der Waals surface area contributed by atoms with Crippen molar-refractivity contribution in [1.29, 1.82) is 0 Å². The average Bonchev–Trinajstić information content (AvgIpc) is 3.05. The molecule has 1 saturated carbocycles. The van der Waals surface area contributed by atoms with Crippen LogP contribution in [0, 0.1) is 11.8 Å². The minimum Gasteiger partial charge on any atom is -0.481 e. The Bertz CT molecular complexity index is 725. The first kappa shape index (κ1) is 15.5. The third kappa shape index (κ3) is 3.70. The van der Waals surface area contributed by atoms with Crippen molar-refractivity contribution in [3.8, 4) is 0 Å². The molecule has 0 bridgehead atoms. The Kier molecular flexibility index (Phi) is 4.60. The maximum atomic E-state index is 12.1. The van der Waals surface area contributed by atoms with Gasteiger partial charge in [0.2, 0.25) is 5.91 Å². The number of carbonyl (C=O) groups is 2. The number of carbonyl (C=O) groups excluding carboxylic acids is 1. The van der Waals surface area contributed by atoms with Gasteiger partial charge in [-0.15, -0.1) is 0 Å². The van der Waals surface area contributed by atoms with Gasteiger partial charge in [-0.1, -0.05) is 42.5 Å². The highest BCUT2D eigenvalue weighted by molar-refractivity contribution is 5.83. The monoisotopic (exact) mass is 311 g/mol. The number of rotatable bonds is 5. The Labute approximate surface area is 135 Å². The van der Waals surface area contributed by atoms with E-state index >= 15 is 0 Å². The van der Waals surface area contributed by atoms with Crippen LogP contribution in [0.2, 0.25) is 0 Å². The number of amides is 1. The summed E-state index contributed by atoms with van der Waals surface area (Å²) in [5.74, 6) is -1.29. The average molecular weight is 311 g/mol. The highest BCUT2D eigenvalue weighted by atomic mass is 16.4. The molecule has 1 aliphatic carbocycles. The summed E-state index contributed by atoms with van der Waals surface area (Å²) in [5.41, 5.74) is 1.19. The first-order chi connectivity index (χ1) is 11.1. The van der Waals surface area contributed by atoms with Crippen LogP contribution in [0.3, 0.4) is 0 Å². The molecule has 0 saturated heterocycles. The molecule has 2 aromatic rings. The van der Waals surface area contributed by atoms with E-state index in [0.29, 0.717) is 25.8 Å². The van der Waals surface area contributed by atoms with Gasteiger partial charge in [-0.3, -0.25) is 9.59 Å². The first-order valence-electron chi connectivity index (χ1n) is 8.11. The molecule has 23 heavy (non-hydrogen) atoms. The highest BCUT2D eigenvalue weighted by Crippen LogP contribution is 2.31. The summed E-state index contributed by atoms with van der Waals surface area (Å²) in [7, 11) is 0. The number of nitrogens with one attached hydrogen (secondary N) is 1. The first-order valence-corrected chi connectivity index (χ1v) is 8.11. The molecule has 2 atom stereocenters. The van der Waals surface area contributed by atoms with Crippen LogP contribution in [-0.2, 0) is 16.0 Å². The van der Waals surface area contributed by atoms with Crippen LogP contribution in [0.4, 0.5) is 0 Å². The topological polar surface area (TPSA) is 66.4 Å². The van der Waals surface area contributed by atoms with Crippen molar-refractivity contribution >= 4 is 22.6 Å². The van der Waals surface area contributed by atoms with E-state index in [4.69, 9.17) is 5.11 Å². The van der Waals surface area contributed by atoms with Gasteiger partial charge >= 0.3 is 5.97 Å². The van der Waals surface area contributed by atoms with Crippen molar-refractivity contribution in [1.82, 2.24) is 5.32 Å². The van der Waals surface area contributed by atoms with Crippen LogP contribution in [0.5, 0.6) is 0 Å². The van der Waals surface area contributed by atoms with E-state index in [1.165, 1.54) is 16.3 Å². The van der Waals surface area contributed by atoms with Gasteiger partial charge in [-0.2, -0.15) is 0 Å². The molecule has 0 radical (unpaired) electrons. The van der Waals surface area contributed by atoms with Crippen LogP contribution in [0.1, 0.15) is 24.8 Å². The molecule has 120 valence electrons. The minimum absolute atomic E-state index is 0.00506. The molecule has 1 aliphatic rings. The molecule has 3 rings (SSSR count). The summed E-state index contributed by atoms with van der Waals surface area (Å²) < 4.78 is 0. The van der Waals surface area contributed by atoms with Crippen molar-refractivity contribution in [2.75, 3.05) is 6.54 Å². The van der Waals surface area contributed by atoms with Gasteiger partial charge < -0.3 is 10.4 Å². The lowest BCUT2D eigenvalue weighted by molar-refractivity contribution is -0.141. The van der Waals surface area contributed by atoms with Crippen LogP contribution < -0.4 is 5.32 Å². The second kappa shape index (κ2) is 6.82. The summed E-state index contributed by atoms with van der Waals surface area (Å²) in [6.45, 7) is 0.589. The summed E-state index contributed by atoms with van der Waals surface area (Å²) in [5, 5.41) is 14.4. The van der Waals surface area contributed by atoms with Crippen molar-refractivity contribution in [3.63, 3.8) is 0 Å². The van der Waals surface area contributed by atoms with Crippen molar-refractivity contribution in [2.45, 2.75) is 25.7 Å². The number of fused-ring (bicyclic) bond motifs is 1. The fourth-order valence-electron chi connectivity index (χ4n) is 3.31. The van der Waals surface area contributed by atoms with Gasteiger partial charge in [-0.05, 0) is 42.0 Å². The second-order valence-electron chi connectivity index (χ2n) is 6.27. The number of hydrogen-bond acceptors (Lipinski definition) is 2. The van der Waals surface area contributed by atoms with E-state index < -0.39 is 5.97 Å². The van der Waals surface area contributed by atoms with E-state index in [-0.39, 0.29) is 17.7 Å². The normalized spacial score (nSPS) is 20.5. The zero-order valence-corrected chi connectivity index (χ0v) is 13.0. The number of carboxylic acids is 1. The predicted octanol–water partition coefficient (Wildman–Crippen LogP) is 3.00. The maximum absolute atomic E-state index is 12.1. The summed E-state index contributed by atoms with van der Waals surface area (Å²) >= 11 is 0. The second-order valence-corrected chi connectivity index (χ2v) is 6.27. The Morgan fingerprint density at radius 2 is 1.78 bits per heavy atom. The quantitative estimate of drug-likeness (QED) is 0.892. The van der Waals surface area contributed by atoms with Gasteiger partial charge in [0.25, 0.3) is 0 Å². The van der Waals surface area contributed by atoms with Crippen molar-refractivity contribution < 1.29 is 14.7 Å². The molecule has 1 fully saturated rings. The summed E-state index contributed by atoms with van der Waals surface area (Å²) in [4.78, 5) is 23.1. The fourth-order valence-corrected chi connectivity index (χ4v) is 3.31. The Hall–Kier alpha value is -2.36. The molecule has 0 aromatic heterocycles. The minimum atomic E-state index is -0.781. The van der Waals surface area contributed by atoms with Crippen LogP contribution in [-0.4, -0.2) is 23.5 Å². The SMILES string of the molecule is O=C(O)[C@@H]1CC[C@H](C(=O)NCCc2ccc3ccccc3c2)C1. The zero-order valence-electron chi connectivity index (χ0n) is 13.0. The standard InChI is InChI=1S/C19H21NO3/c21-18(16-7-8-17(12-16)19(22)23)20-10-9-13-5-6-14-3-1-2-4-15(14)11-13/h1-6,11,16-17H,7-10,12H2,(H,20,21)(H,22,23)/t16-,17+/m0/s1. The Morgan fingerprint density at radius 3 is 2.52 bits per heavy atom. The van der Waals surface area contributed by atoms with Crippen LogP contribution >= 0.6 is 0 Å². The van der Waals surface area contributed by atoms with Crippen molar-refractivity contribution in [3.05, 3.63) is 48.0 Å². The molecule has 2 N–H and O–H groups in total. The largest absolute Gasteiger partial charge is 0.481 e. The summed E-state index contributed by atoms with van der Waals surface area (Å²) in [6, 6.07) is 14.5. The number of hydrogen-bond donors (Lipinski definition) is 2. The third-order valence-electron chi connectivity index (χ3n) is 4.68. The van der Waals surface area contributed by atoms with Crippen LogP contribution in [0.25, 0.3) is 10.8 Å². The Balaban J connectivity index is 1.50. The van der Waals surface area contributed by atoms with E-state index in [0.717, 1.165) is 6.42 Å². The molecule has 0 aliphatic heterocycles. The maximum Gasteiger partial charge on any atom is 0.306 e. The smallest absolute Gasteiger partial charge is 0.306 e. The lowest BCUT2D eigenvalue weighted by Gasteiger charge is -2.11. The molecule has 4 heteroatoms. The Morgan fingerprint density at radius 1 is 1.04 bits per heavy atom. The van der Waals surface area contributed by atoms with Crippen molar-refractivity contribution in [2.24, 2.45) is 11.8 Å². The van der Waals surface area contributed by atoms with E-state index in [1.807, 2.05) is 12.1 Å². The van der Waals surface area contributed by atoms with E-state index in [9.17, 15) is 9.59 Å². The van der Waals surface area contributed by atoms with Gasteiger partial charge in [0, 0.05) is 12.5 Å². The van der Waals surface area contributed by atoms with Crippen LogP contribution in [0.15, 0.2) is 42.5 Å². The number of aliphatic carboxylic acids is 1. The molecule has 1 amide bonds. The van der Waals surface area contributed by atoms with E-state index in [2.05, 4.69) is 35.6 Å². The van der Waals surface area contributed by atoms with Gasteiger partial charge in [0.1, 0.15) is 0 Å². The number of carboxylic acid groups (broad SMARTS) is 1. The third-order valence-corrected chi connectivity index (χ3v) is 4.68. The zero-order chi connectivity index (χ0) is 16.2. The van der Waals surface area contributed by atoms with E-state index in [1.54, 1.807) is 0 Å². The predicted molar refractivity (Wildman–Crippen MR) is 89.1 cm³/mol. The van der Waals surface area contributed by atoms with Gasteiger partial charge in [0.15, 0.2) is 0 Å². The molecular formula is C19H21NO3. The summed E-state index contributed by atoms with van der Waals surface area (Å²) in [6.07, 6.45) is 2.54. The lowest BCUT2D eigenvalue weighted by Crippen LogP contribution is -2.31. The molecule has 4 nitrogen and oxygen atoms in total. The molecule has 0 heterocycles. The molecule has 2 aromatic carbocycles. The highest BCUT2D eigenvalue weighted by Gasteiger charge is 2.33. The lowest BCUT2D eigenvalue weighted by atomic mass is 10.0. The number of benzene rings is 2. The van der Waals surface area contributed by atoms with Gasteiger partial charge in [0.05, 0.1) is 5.92 Å².